The van der Waals surface area contributed by atoms with Crippen molar-refractivity contribution in [2.45, 2.75) is 37.5 Å². The third-order valence-corrected chi connectivity index (χ3v) is 7.79. The van der Waals surface area contributed by atoms with Crippen LogP contribution in [0.5, 0.6) is 0 Å². The number of aromatic nitrogens is 7. The van der Waals surface area contributed by atoms with E-state index in [0.717, 1.165) is 16.9 Å². The molecule has 1 aromatic carbocycles. The summed E-state index contributed by atoms with van der Waals surface area (Å²) >= 11 is 7.10. The fraction of sp³-hybridized carbons (Fsp3) is 0.280. The number of benzene rings is 1. The lowest BCUT2D eigenvalue weighted by atomic mass is 9.88. The van der Waals surface area contributed by atoms with Crippen LogP contribution in [0.25, 0.3) is 33.9 Å². The van der Waals surface area contributed by atoms with Gasteiger partial charge in [-0.3, -0.25) is 14.9 Å². The first kappa shape index (κ1) is 24.6. The van der Waals surface area contributed by atoms with Crippen molar-refractivity contribution in [1.82, 2.24) is 40.0 Å². The van der Waals surface area contributed by atoms with E-state index in [1.165, 1.54) is 18.6 Å². The quantitative estimate of drug-likeness (QED) is 0.314. The molecule has 4 aromatic heterocycles. The molecule has 5 aromatic rings. The first-order valence-corrected chi connectivity index (χ1v) is 13.1. The largest absolute Gasteiger partial charge is 0.381 e. The van der Waals surface area contributed by atoms with Crippen LogP contribution in [0.3, 0.4) is 0 Å². The van der Waals surface area contributed by atoms with Gasteiger partial charge in [-0.2, -0.15) is 5.10 Å². The summed E-state index contributed by atoms with van der Waals surface area (Å²) in [5.74, 6) is 0.252. The number of aromatic amines is 1. The smallest absolute Gasteiger partial charge is 0.280 e. The molecule has 1 amide bonds. The van der Waals surface area contributed by atoms with Gasteiger partial charge in [0.15, 0.2) is 10.8 Å². The molecule has 0 radical (unpaired) electrons. The molecule has 4 heterocycles. The topological polar surface area (TPSA) is 123 Å². The highest BCUT2D eigenvalue weighted by Crippen LogP contribution is 2.38. The summed E-state index contributed by atoms with van der Waals surface area (Å²) in [6.45, 7) is 0. The van der Waals surface area contributed by atoms with Gasteiger partial charge in [0.25, 0.3) is 5.91 Å². The van der Waals surface area contributed by atoms with Gasteiger partial charge in [0.05, 0.1) is 29.6 Å². The molecule has 194 valence electrons. The number of imidazole rings is 1. The normalized spacial score (nSPS) is 19.6. The zero-order valence-electron chi connectivity index (χ0n) is 20.1. The minimum Gasteiger partial charge on any atom is -0.381 e. The summed E-state index contributed by atoms with van der Waals surface area (Å²) in [4.78, 5) is 30.4. The Hall–Kier alpha value is -3.74. The number of thiazole rings is 1. The minimum absolute atomic E-state index is 0.140. The van der Waals surface area contributed by atoms with Crippen LogP contribution >= 0.6 is 22.9 Å². The lowest BCUT2D eigenvalue weighted by molar-refractivity contribution is 0.0398. The van der Waals surface area contributed by atoms with Gasteiger partial charge in [-0.1, -0.05) is 35.1 Å². The first-order chi connectivity index (χ1) is 18.5. The maximum absolute atomic E-state index is 15.0. The lowest BCUT2D eigenvalue weighted by Crippen LogP contribution is -2.43. The molecule has 10 nitrogen and oxygen atoms in total. The van der Waals surface area contributed by atoms with Crippen LogP contribution in [0, 0.1) is 5.82 Å². The van der Waals surface area contributed by atoms with E-state index in [9.17, 15) is 4.79 Å². The molecule has 1 saturated carbocycles. The number of carbonyl (C=O) groups excluding carboxylic acids is 1. The molecule has 0 bridgehead atoms. The zero-order chi connectivity index (χ0) is 26.2. The van der Waals surface area contributed by atoms with Crippen molar-refractivity contribution in [1.29, 1.82) is 0 Å². The SMILES string of the molecule is CO[C@H]1C[C@@H](NC(=O)c2ncc(Cl)s2)C[C@@H](n2c(-c3ccccc3F)nc3cnc(-c4nc[nH]n4)cc32)C1. The van der Waals surface area contributed by atoms with Gasteiger partial charge in [-0.25, -0.2) is 19.3 Å². The number of nitrogens with one attached hydrogen (secondary N) is 2. The minimum atomic E-state index is -0.379. The summed E-state index contributed by atoms with van der Waals surface area (Å²) < 4.78 is 23.3. The Balaban J connectivity index is 1.43. The van der Waals surface area contributed by atoms with E-state index in [0.29, 0.717) is 57.0 Å². The zero-order valence-corrected chi connectivity index (χ0v) is 21.7. The number of hydrogen-bond acceptors (Lipinski definition) is 8. The number of pyridine rings is 1. The Morgan fingerprint density at radius 1 is 1.21 bits per heavy atom. The summed E-state index contributed by atoms with van der Waals surface area (Å²) in [7, 11) is 1.65. The van der Waals surface area contributed by atoms with Crippen molar-refractivity contribution in [2.24, 2.45) is 0 Å². The predicted molar refractivity (Wildman–Crippen MR) is 140 cm³/mol. The predicted octanol–water partition coefficient (Wildman–Crippen LogP) is 4.67. The van der Waals surface area contributed by atoms with Crippen LogP contribution in [-0.2, 0) is 4.74 Å². The van der Waals surface area contributed by atoms with E-state index in [1.54, 1.807) is 31.5 Å². The number of methoxy groups -OCH3 is 1. The molecule has 0 aliphatic heterocycles. The average Bonchev–Trinajstić information content (AvgIpc) is 3.68. The molecule has 1 aliphatic carbocycles. The first-order valence-electron chi connectivity index (χ1n) is 11.9. The second-order valence-electron chi connectivity index (χ2n) is 9.02. The molecule has 1 fully saturated rings. The fourth-order valence-corrected chi connectivity index (χ4v) is 5.84. The third kappa shape index (κ3) is 4.66. The summed E-state index contributed by atoms with van der Waals surface area (Å²) in [5, 5.41) is 10.2. The molecule has 3 atom stereocenters. The number of carbonyl (C=O) groups is 1. The number of ether oxygens (including phenoxy) is 1. The van der Waals surface area contributed by atoms with Crippen molar-refractivity contribution in [3.8, 4) is 22.9 Å². The van der Waals surface area contributed by atoms with Crippen LogP contribution in [-0.4, -0.2) is 59.9 Å². The van der Waals surface area contributed by atoms with Gasteiger partial charge in [0, 0.05) is 19.2 Å². The van der Waals surface area contributed by atoms with Gasteiger partial charge in [0.2, 0.25) is 0 Å². The molecular weight excluding hydrogens is 531 g/mol. The number of nitrogens with zero attached hydrogens (tertiary/aromatic N) is 6. The van der Waals surface area contributed by atoms with Crippen molar-refractivity contribution in [3.63, 3.8) is 0 Å². The van der Waals surface area contributed by atoms with Crippen molar-refractivity contribution in [3.05, 3.63) is 64.2 Å². The number of hydrogen-bond donors (Lipinski definition) is 2. The number of H-pyrrole nitrogens is 1. The highest BCUT2D eigenvalue weighted by molar-refractivity contribution is 7.17. The second-order valence-corrected chi connectivity index (χ2v) is 10.7. The van der Waals surface area contributed by atoms with Crippen molar-refractivity contribution in [2.75, 3.05) is 7.11 Å². The monoisotopic (exact) mass is 552 g/mol. The van der Waals surface area contributed by atoms with E-state index in [2.05, 4.69) is 30.5 Å². The molecule has 2 N–H and O–H groups in total. The van der Waals surface area contributed by atoms with E-state index in [-0.39, 0.29) is 29.9 Å². The van der Waals surface area contributed by atoms with Crippen molar-refractivity contribution >= 4 is 39.9 Å². The Labute approximate surface area is 225 Å². The van der Waals surface area contributed by atoms with Gasteiger partial charge in [0.1, 0.15) is 33.5 Å². The van der Waals surface area contributed by atoms with Crippen LogP contribution in [0.2, 0.25) is 4.34 Å². The Morgan fingerprint density at radius 2 is 2.08 bits per heavy atom. The standard InChI is InChI=1S/C25H22ClFN8O2S/c1-37-15-7-13(32-24(36)25-29-11-21(26)38-25)6-14(8-15)35-20-9-18(22-30-12-31-34-22)28-10-19(20)33-23(35)16-4-2-3-5-17(16)27/h2-5,9-15H,6-8H2,1H3,(H,32,36)(H,30,31,34)/t13-,14+,15-/m0/s1. The Bertz CT molecular complexity index is 1600. The highest BCUT2D eigenvalue weighted by atomic mass is 35.5. The summed E-state index contributed by atoms with van der Waals surface area (Å²) in [5.41, 5.74) is 2.31. The van der Waals surface area contributed by atoms with Crippen LogP contribution in [0.15, 0.2) is 49.1 Å². The van der Waals surface area contributed by atoms with E-state index < -0.39 is 0 Å². The Kier molecular flexibility index (Phi) is 6.60. The van der Waals surface area contributed by atoms with Gasteiger partial charge in [-0.05, 0) is 37.5 Å². The fourth-order valence-electron chi connectivity index (χ4n) is 5.02. The Morgan fingerprint density at radius 3 is 2.82 bits per heavy atom. The van der Waals surface area contributed by atoms with Crippen LogP contribution in [0.4, 0.5) is 4.39 Å². The van der Waals surface area contributed by atoms with Crippen molar-refractivity contribution < 1.29 is 13.9 Å². The second kappa shape index (κ2) is 10.2. The lowest BCUT2D eigenvalue weighted by Gasteiger charge is -2.36. The molecule has 6 rings (SSSR count). The number of fused-ring (bicyclic) bond motifs is 1. The molecule has 38 heavy (non-hydrogen) atoms. The third-order valence-electron chi connectivity index (χ3n) is 6.68. The van der Waals surface area contributed by atoms with E-state index >= 15 is 4.39 Å². The van der Waals surface area contributed by atoms with Crippen LogP contribution < -0.4 is 5.32 Å². The summed E-state index contributed by atoms with van der Waals surface area (Å²) in [6, 6.07) is 8.02. The summed E-state index contributed by atoms with van der Waals surface area (Å²) in [6.07, 6.45) is 6.30. The van der Waals surface area contributed by atoms with Gasteiger partial charge in [-0.15, -0.1) is 0 Å². The molecule has 1 aliphatic rings. The number of rotatable bonds is 6. The highest BCUT2D eigenvalue weighted by Gasteiger charge is 2.34. The van der Waals surface area contributed by atoms with Gasteiger partial charge >= 0.3 is 0 Å². The average molecular weight is 553 g/mol. The maximum Gasteiger partial charge on any atom is 0.280 e. The molecule has 0 spiro atoms. The van der Waals surface area contributed by atoms with Crippen LogP contribution in [0.1, 0.15) is 35.1 Å². The molecular formula is C25H22ClFN8O2S. The number of halogens is 2. The van der Waals surface area contributed by atoms with E-state index in [4.69, 9.17) is 21.3 Å². The number of amides is 1. The maximum atomic E-state index is 15.0. The molecule has 0 unspecified atom stereocenters. The molecule has 0 saturated heterocycles. The van der Waals surface area contributed by atoms with E-state index in [1.807, 2.05) is 10.6 Å². The molecule has 13 heteroatoms. The van der Waals surface area contributed by atoms with Gasteiger partial charge < -0.3 is 14.6 Å².